The van der Waals surface area contributed by atoms with Crippen LogP contribution in [-0.2, 0) is 9.53 Å². The van der Waals surface area contributed by atoms with Crippen molar-refractivity contribution in [2.24, 2.45) is 17.8 Å². The maximum Gasteiger partial charge on any atom is 0.224 e. The highest BCUT2D eigenvalue weighted by Gasteiger charge is 2.56. The second-order valence-corrected chi connectivity index (χ2v) is 5.33. The fourth-order valence-electron chi connectivity index (χ4n) is 3.54. The molecule has 90 valence electrons. The van der Waals surface area contributed by atoms with Crippen molar-refractivity contribution in [3.63, 3.8) is 0 Å². The Morgan fingerprint density at radius 3 is 2.75 bits per heavy atom. The second-order valence-electron chi connectivity index (χ2n) is 5.33. The fourth-order valence-corrected chi connectivity index (χ4v) is 3.54. The molecule has 0 aromatic carbocycles. The Balaban J connectivity index is 1.53. The van der Waals surface area contributed by atoms with E-state index in [2.05, 4.69) is 10.6 Å². The quantitative estimate of drug-likeness (QED) is 0.717. The number of amides is 1. The summed E-state index contributed by atoms with van der Waals surface area (Å²) < 4.78 is 5.34. The predicted molar refractivity (Wildman–Crippen MR) is 59.9 cm³/mol. The predicted octanol–water partition coefficient (Wildman–Crippen LogP) is 0.135. The van der Waals surface area contributed by atoms with Crippen molar-refractivity contribution < 1.29 is 9.53 Å². The molecule has 4 nitrogen and oxygen atoms in total. The number of nitrogens with one attached hydrogen (secondary N) is 2. The Morgan fingerprint density at radius 2 is 2.06 bits per heavy atom. The van der Waals surface area contributed by atoms with Gasteiger partial charge in [-0.1, -0.05) is 6.42 Å². The van der Waals surface area contributed by atoms with Crippen molar-refractivity contribution in [2.45, 2.75) is 31.4 Å². The molecule has 1 saturated heterocycles. The van der Waals surface area contributed by atoms with Crippen molar-refractivity contribution in [2.75, 3.05) is 20.2 Å². The summed E-state index contributed by atoms with van der Waals surface area (Å²) in [4.78, 5) is 12.0. The lowest BCUT2D eigenvalue weighted by molar-refractivity contribution is -0.124. The molecule has 5 atom stereocenters. The van der Waals surface area contributed by atoms with Gasteiger partial charge in [0.15, 0.2) is 0 Å². The van der Waals surface area contributed by atoms with Crippen molar-refractivity contribution in [3.8, 4) is 0 Å². The smallest absolute Gasteiger partial charge is 0.224 e. The molecule has 2 N–H and O–H groups in total. The Labute approximate surface area is 96.1 Å². The summed E-state index contributed by atoms with van der Waals surface area (Å²) in [7, 11) is 1.71. The van der Waals surface area contributed by atoms with Crippen LogP contribution in [0.2, 0.25) is 0 Å². The summed E-state index contributed by atoms with van der Waals surface area (Å²) in [5, 5.41) is 6.39. The Morgan fingerprint density at radius 1 is 1.31 bits per heavy atom. The van der Waals surface area contributed by atoms with Gasteiger partial charge in [0.1, 0.15) is 0 Å². The van der Waals surface area contributed by atoms with E-state index >= 15 is 0 Å². The minimum Gasteiger partial charge on any atom is -0.378 e. The number of methoxy groups -OCH3 is 1. The minimum absolute atomic E-state index is 0.141. The van der Waals surface area contributed by atoms with Gasteiger partial charge in [-0.05, 0) is 24.7 Å². The van der Waals surface area contributed by atoms with E-state index in [0.717, 1.165) is 13.1 Å². The molecule has 0 radical (unpaired) electrons. The largest absolute Gasteiger partial charge is 0.378 e. The molecule has 0 aromatic rings. The van der Waals surface area contributed by atoms with Gasteiger partial charge in [-0.2, -0.15) is 0 Å². The first-order chi connectivity index (χ1) is 7.81. The van der Waals surface area contributed by atoms with E-state index < -0.39 is 0 Å². The Kier molecular flexibility index (Phi) is 2.64. The minimum atomic E-state index is 0.141. The monoisotopic (exact) mass is 224 g/mol. The van der Waals surface area contributed by atoms with E-state index in [1.165, 1.54) is 19.3 Å². The third-order valence-corrected chi connectivity index (χ3v) is 4.50. The number of ether oxygens (including phenoxy) is 1. The topological polar surface area (TPSA) is 50.4 Å². The summed E-state index contributed by atoms with van der Waals surface area (Å²) in [6.07, 6.45) is 3.99. The van der Waals surface area contributed by atoms with E-state index in [0.29, 0.717) is 17.8 Å². The molecule has 3 aliphatic rings. The molecule has 0 spiro atoms. The van der Waals surface area contributed by atoms with Gasteiger partial charge >= 0.3 is 0 Å². The van der Waals surface area contributed by atoms with Gasteiger partial charge in [0.25, 0.3) is 0 Å². The number of fused-ring (bicyclic) bond motifs is 1. The second kappa shape index (κ2) is 4.00. The maximum absolute atomic E-state index is 12.0. The molecule has 0 bridgehead atoms. The van der Waals surface area contributed by atoms with Crippen molar-refractivity contribution in [3.05, 3.63) is 0 Å². The van der Waals surface area contributed by atoms with Crippen LogP contribution in [0, 0.1) is 17.8 Å². The molecule has 1 aliphatic heterocycles. The standard InChI is InChI=1S/C12H20N2O2/c1-16-10-6-13-5-9(10)14-12(15)11-7-3-2-4-8(7)11/h7-11,13H,2-6H2,1H3,(H,14,15)/t7-,8+,9-,10-,11?/m0/s1. The van der Waals surface area contributed by atoms with Crippen LogP contribution in [0.25, 0.3) is 0 Å². The maximum atomic E-state index is 12.0. The van der Waals surface area contributed by atoms with Crippen molar-refractivity contribution >= 4 is 5.91 Å². The van der Waals surface area contributed by atoms with E-state index in [1.54, 1.807) is 7.11 Å². The molecular weight excluding hydrogens is 204 g/mol. The fraction of sp³-hybridized carbons (Fsp3) is 0.917. The van der Waals surface area contributed by atoms with Gasteiger partial charge in [0.05, 0.1) is 12.1 Å². The summed E-state index contributed by atoms with van der Waals surface area (Å²) in [6.45, 7) is 1.69. The van der Waals surface area contributed by atoms with Gasteiger partial charge in [-0.15, -0.1) is 0 Å². The summed E-state index contributed by atoms with van der Waals surface area (Å²) in [5.41, 5.74) is 0. The molecule has 1 amide bonds. The molecule has 16 heavy (non-hydrogen) atoms. The van der Waals surface area contributed by atoms with Gasteiger partial charge in [-0.3, -0.25) is 4.79 Å². The lowest BCUT2D eigenvalue weighted by Gasteiger charge is -2.19. The van der Waals surface area contributed by atoms with Crippen LogP contribution < -0.4 is 10.6 Å². The van der Waals surface area contributed by atoms with Crippen LogP contribution >= 0.6 is 0 Å². The molecule has 1 unspecified atom stereocenters. The average molecular weight is 224 g/mol. The number of carbonyl (C=O) groups excluding carboxylic acids is 1. The van der Waals surface area contributed by atoms with Gasteiger partial charge in [0.2, 0.25) is 5.91 Å². The molecule has 4 heteroatoms. The van der Waals surface area contributed by atoms with Crippen LogP contribution in [0.4, 0.5) is 0 Å². The highest BCUT2D eigenvalue weighted by Crippen LogP contribution is 2.57. The Bertz CT molecular complexity index is 285. The lowest BCUT2D eigenvalue weighted by atomic mass is 10.1. The third-order valence-electron chi connectivity index (χ3n) is 4.50. The normalized spacial score (nSPS) is 45.4. The molecule has 0 aromatic heterocycles. The molecule has 3 fully saturated rings. The van der Waals surface area contributed by atoms with Crippen LogP contribution in [0.3, 0.4) is 0 Å². The number of hydrogen-bond acceptors (Lipinski definition) is 3. The molecule has 2 saturated carbocycles. The third kappa shape index (κ3) is 1.64. The zero-order valence-corrected chi connectivity index (χ0v) is 9.74. The van der Waals surface area contributed by atoms with Crippen molar-refractivity contribution in [1.82, 2.24) is 10.6 Å². The van der Waals surface area contributed by atoms with Crippen LogP contribution in [0.5, 0.6) is 0 Å². The van der Waals surface area contributed by atoms with Gasteiger partial charge in [0, 0.05) is 26.1 Å². The summed E-state index contributed by atoms with van der Waals surface area (Å²) >= 11 is 0. The van der Waals surface area contributed by atoms with E-state index in [9.17, 15) is 4.79 Å². The molecular formula is C12H20N2O2. The first kappa shape index (κ1) is 10.5. The van der Waals surface area contributed by atoms with Crippen LogP contribution in [0.15, 0.2) is 0 Å². The molecule has 3 rings (SSSR count). The summed E-state index contributed by atoms with van der Waals surface area (Å²) in [6, 6.07) is 0.166. The number of rotatable bonds is 3. The van der Waals surface area contributed by atoms with Crippen LogP contribution in [0.1, 0.15) is 19.3 Å². The van der Waals surface area contributed by atoms with Crippen molar-refractivity contribution in [1.29, 1.82) is 0 Å². The van der Waals surface area contributed by atoms with Gasteiger partial charge < -0.3 is 15.4 Å². The zero-order valence-electron chi connectivity index (χ0n) is 9.74. The molecule has 1 heterocycles. The number of carbonyl (C=O) groups is 1. The average Bonchev–Trinajstić information content (AvgIpc) is 2.71. The highest BCUT2D eigenvalue weighted by atomic mass is 16.5. The molecule has 2 aliphatic carbocycles. The van der Waals surface area contributed by atoms with E-state index in [-0.39, 0.29) is 18.1 Å². The van der Waals surface area contributed by atoms with E-state index in [1.807, 2.05) is 0 Å². The first-order valence-corrected chi connectivity index (χ1v) is 6.35. The number of hydrogen-bond donors (Lipinski definition) is 2. The van der Waals surface area contributed by atoms with Crippen LogP contribution in [-0.4, -0.2) is 38.3 Å². The van der Waals surface area contributed by atoms with E-state index in [4.69, 9.17) is 4.74 Å². The van der Waals surface area contributed by atoms with Gasteiger partial charge in [-0.25, -0.2) is 0 Å². The zero-order chi connectivity index (χ0) is 11.1. The SMILES string of the molecule is CO[C@H]1CNC[C@@H]1NC(=O)C1[C@H]2CCC[C@@H]12. The lowest BCUT2D eigenvalue weighted by Crippen LogP contribution is -2.44. The first-order valence-electron chi connectivity index (χ1n) is 6.35. The summed E-state index contributed by atoms with van der Waals surface area (Å²) in [5.74, 6) is 2.00. The Hall–Kier alpha value is -0.610. The highest BCUT2D eigenvalue weighted by molar-refractivity contribution is 5.82.